The van der Waals surface area contributed by atoms with Crippen LogP contribution in [0.4, 0.5) is 17.6 Å². The van der Waals surface area contributed by atoms with Crippen molar-refractivity contribution in [1.82, 2.24) is 19.4 Å². The summed E-state index contributed by atoms with van der Waals surface area (Å²) in [4.78, 5) is 34.0. The molecule has 0 saturated carbocycles. The van der Waals surface area contributed by atoms with Crippen molar-refractivity contribution in [2.75, 3.05) is 26.3 Å². The number of hydrogen-bond acceptors (Lipinski definition) is 5. The zero-order valence-electron chi connectivity index (χ0n) is 20.3. The van der Waals surface area contributed by atoms with E-state index in [0.29, 0.717) is 49.3 Å². The van der Waals surface area contributed by atoms with Gasteiger partial charge in [-0.3, -0.25) is 9.59 Å². The van der Waals surface area contributed by atoms with E-state index in [9.17, 15) is 27.2 Å². The number of fused-ring (bicyclic) bond motifs is 3. The predicted molar refractivity (Wildman–Crippen MR) is 127 cm³/mol. The third-order valence-electron chi connectivity index (χ3n) is 6.73. The second-order valence-electron chi connectivity index (χ2n) is 9.36. The van der Waals surface area contributed by atoms with E-state index in [1.807, 2.05) is 0 Å². The van der Waals surface area contributed by atoms with Crippen LogP contribution in [0.15, 0.2) is 36.7 Å². The second-order valence-corrected chi connectivity index (χ2v) is 9.36. The van der Waals surface area contributed by atoms with Crippen LogP contribution < -0.4 is 5.73 Å². The van der Waals surface area contributed by atoms with Crippen molar-refractivity contribution in [2.45, 2.75) is 32.0 Å². The van der Waals surface area contributed by atoms with E-state index in [4.69, 9.17) is 10.5 Å². The van der Waals surface area contributed by atoms with Gasteiger partial charge in [-0.25, -0.2) is 22.5 Å². The van der Waals surface area contributed by atoms with Crippen LogP contribution in [0.25, 0.3) is 5.69 Å². The first-order valence-electron chi connectivity index (χ1n) is 12.1. The van der Waals surface area contributed by atoms with Gasteiger partial charge in [-0.05, 0) is 41.8 Å². The summed E-state index contributed by atoms with van der Waals surface area (Å²) in [5.74, 6) is -4.71. The molecule has 38 heavy (non-hydrogen) atoms. The number of hydrogen-bond donors (Lipinski definition) is 1. The van der Waals surface area contributed by atoms with Crippen molar-refractivity contribution in [2.24, 2.45) is 5.73 Å². The Morgan fingerprint density at radius 3 is 2.47 bits per heavy atom. The number of carbonyl (C=O) groups excluding carboxylic acids is 2. The van der Waals surface area contributed by atoms with Crippen LogP contribution in [-0.2, 0) is 29.0 Å². The number of nitrogens with two attached hydrogens (primary N) is 1. The number of morpholine rings is 1. The smallest absolute Gasteiger partial charge is 0.274 e. The van der Waals surface area contributed by atoms with E-state index in [-0.39, 0.29) is 43.1 Å². The number of imidazole rings is 1. The number of ether oxygens (including phenoxy) is 1. The fraction of sp³-hybridized carbons (Fsp3) is 0.346. The zero-order chi connectivity index (χ0) is 27.0. The third-order valence-corrected chi connectivity index (χ3v) is 6.73. The Morgan fingerprint density at radius 2 is 1.71 bits per heavy atom. The molecule has 1 aromatic heterocycles. The van der Waals surface area contributed by atoms with Gasteiger partial charge in [0.1, 0.15) is 18.0 Å². The molecule has 2 aliphatic rings. The first kappa shape index (κ1) is 25.9. The van der Waals surface area contributed by atoms with Gasteiger partial charge in [0.25, 0.3) is 5.91 Å². The molecule has 1 atom stereocenters. The van der Waals surface area contributed by atoms with Crippen molar-refractivity contribution in [3.63, 3.8) is 0 Å². The fourth-order valence-corrected chi connectivity index (χ4v) is 4.79. The summed E-state index contributed by atoms with van der Waals surface area (Å²) in [5.41, 5.74) is 7.67. The van der Waals surface area contributed by atoms with Crippen LogP contribution in [0.5, 0.6) is 0 Å². The largest absolute Gasteiger partial charge is 0.378 e. The van der Waals surface area contributed by atoms with Crippen molar-refractivity contribution in [3.05, 3.63) is 82.4 Å². The number of aromatic nitrogens is 2. The minimum absolute atomic E-state index is 0.00714. The normalized spacial score (nSPS) is 16.0. The Labute approximate surface area is 215 Å². The Balaban J connectivity index is 1.41. The molecule has 200 valence electrons. The van der Waals surface area contributed by atoms with E-state index in [0.717, 1.165) is 6.07 Å². The number of carbonyl (C=O) groups is 2. The van der Waals surface area contributed by atoms with Gasteiger partial charge in [0.15, 0.2) is 17.3 Å². The number of nitrogens with zero attached hydrogens (tertiary/aromatic N) is 4. The van der Waals surface area contributed by atoms with Gasteiger partial charge in [-0.2, -0.15) is 0 Å². The Bertz CT molecular complexity index is 1390. The number of rotatable bonds is 5. The maximum Gasteiger partial charge on any atom is 0.274 e. The Morgan fingerprint density at radius 1 is 0.974 bits per heavy atom. The summed E-state index contributed by atoms with van der Waals surface area (Å²) in [5, 5.41) is 0. The molecule has 0 bridgehead atoms. The van der Waals surface area contributed by atoms with Crippen molar-refractivity contribution in [3.8, 4) is 5.69 Å². The number of amides is 2. The summed E-state index contributed by atoms with van der Waals surface area (Å²) in [6.07, 6.45) is 1.03. The molecular weight excluding hydrogens is 506 g/mol. The molecule has 1 saturated heterocycles. The molecule has 2 aliphatic heterocycles. The highest BCUT2D eigenvalue weighted by Gasteiger charge is 2.31. The quantitative estimate of drug-likeness (QED) is 0.404. The average molecular weight is 532 g/mol. The minimum atomic E-state index is -1.31. The predicted octanol–water partition coefficient (Wildman–Crippen LogP) is 2.70. The van der Waals surface area contributed by atoms with Crippen LogP contribution in [0, 0.1) is 23.3 Å². The lowest BCUT2D eigenvalue weighted by Gasteiger charge is -2.27. The highest BCUT2D eigenvalue weighted by Crippen LogP contribution is 2.28. The monoisotopic (exact) mass is 531 g/mol. The van der Waals surface area contributed by atoms with Gasteiger partial charge >= 0.3 is 0 Å². The topological polar surface area (TPSA) is 93.7 Å². The zero-order valence-corrected chi connectivity index (χ0v) is 20.3. The maximum absolute atomic E-state index is 14.1. The average Bonchev–Trinajstić information content (AvgIpc) is 3.22. The van der Waals surface area contributed by atoms with Gasteiger partial charge < -0.3 is 24.8 Å². The second kappa shape index (κ2) is 10.5. The molecule has 3 aromatic rings. The van der Waals surface area contributed by atoms with E-state index in [2.05, 4.69) is 4.98 Å². The van der Waals surface area contributed by atoms with Crippen LogP contribution >= 0.6 is 0 Å². The first-order valence-corrected chi connectivity index (χ1v) is 12.1. The van der Waals surface area contributed by atoms with E-state index >= 15 is 0 Å². The lowest BCUT2D eigenvalue weighted by Crippen LogP contribution is -2.41. The van der Waals surface area contributed by atoms with Gasteiger partial charge in [0.2, 0.25) is 5.91 Å². The highest BCUT2D eigenvalue weighted by molar-refractivity contribution is 5.94. The Kier molecular flexibility index (Phi) is 7.17. The molecular formula is C26H25F4N5O3. The molecule has 2 amide bonds. The van der Waals surface area contributed by atoms with Crippen LogP contribution in [0.1, 0.15) is 33.7 Å². The first-order chi connectivity index (χ1) is 18.2. The molecule has 0 spiro atoms. The number of halogens is 4. The molecule has 2 aromatic carbocycles. The maximum atomic E-state index is 14.1. The summed E-state index contributed by atoms with van der Waals surface area (Å²) < 4.78 is 62.1. The van der Waals surface area contributed by atoms with Crippen LogP contribution in [0.3, 0.4) is 0 Å². The van der Waals surface area contributed by atoms with Crippen LogP contribution in [0.2, 0.25) is 0 Å². The molecule has 0 aliphatic carbocycles. The lowest BCUT2D eigenvalue weighted by atomic mass is 10.0. The summed E-state index contributed by atoms with van der Waals surface area (Å²) in [6.45, 7) is 1.66. The lowest BCUT2D eigenvalue weighted by molar-refractivity contribution is -0.132. The molecule has 0 radical (unpaired) electrons. The van der Waals surface area contributed by atoms with Crippen LogP contribution in [-0.4, -0.2) is 63.5 Å². The third kappa shape index (κ3) is 5.14. The molecule has 0 unspecified atom stereocenters. The van der Waals surface area contributed by atoms with E-state index in [1.165, 1.54) is 23.4 Å². The Hall–Kier alpha value is -3.77. The fourth-order valence-electron chi connectivity index (χ4n) is 4.79. The summed E-state index contributed by atoms with van der Waals surface area (Å²) in [7, 11) is 0. The molecule has 8 nitrogen and oxygen atoms in total. The van der Waals surface area contributed by atoms with Gasteiger partial charge in [0.05, 0.1) is 31.1 Å². The molecule has 1 fully saturated rings. The number of benzene rings is 2. The van der Waals surface area contributed by atoms with E-state index < -0.39 is 35.2 Å². The minimum Gasteiger partial charge on any atom is -0.378 e. The van der Waals surface area contributed by atoms with Gasteiger partial charge in [0, 0.05) is 38.2 Å². The SMILES string of the molecule is N[C@@H](CC(=O)N1Cc2cc(F)ccc2-n2cnc(C(=O)N3CCOCC3)c2C1)Cc1cc(F)c(F)cc1F. The van der Waals surface area contributed by atoms with Crippen molar-refractivity contribution in [1.29, 1.82) is 0 Å². The summed E-state index contributed by atoms with van der Waals surface area (Å²) >= 11 is 0. The van der Waals surface area contributed by atoms with Gasteiger partial charge in [-0.1, -0.05) is 0 Å². The molecule has 3 heterocycles. The van der Waals surface area contributed by atoms with E-state index in [1.54, 1.807) is 15.5 Å². The van der Waals surface area contributed by atoms with Gasteiger partial charge in [-0.15, -0.1) is 0 Å². The molecule has 5 rings (SSSR count). The standard InChI is InChI=1S/C26H25F4N5O3/c27-17-1-2-22-16(7-17)12-34(24(36)10-18(31)8-15-9-20(29)21(30)11-19(15)28)13-23-25(32-14-35(22)23)26(37)33-3-5-38-6-4-33/h1-2,7,9,11,14,18H,3-6,8,10,12-13,31H2/t18-/m1/s1. The van der Waals surface area contributed by atoms with Crippen molar-refractivity contribution >= 4 is 11.8 Å². The molecule has 12 heteroatoms. The molecule has 2 N–H and O–H groups in total. The summed E-state index contributed by atoms with van der Waals surface area (Å²) in [6, 6.07) is 4.41. The highest BCUT2D eigenvalue weighted by atomic mass is 19.2. The van der Waals surface area contributed by atoms with Crippen molar-refractivity contribution < 1.29 is 31.9 Å².